The third-order valence-electron chi connectivity index (χ3n) is 12.0. The van der Waals surface area contributed by atoms with Crippen LogP contribution in [-0.2, 0) is 50.5 Å². The summed E-state index contributed by atoms with van der Waals surface area (Å²) in [7, 11) is 4.45. The first kappa shape index (κ1) is 58.1. The predicted molar refractivity (Wildman–Crippen MR) is 282 cm³/mol. The van der Waals surface area contributed by atoms with E-state index in [9.17, 15) is 38.4 Å². The predicted octanol–water partition coefficient (Wildman–Crippen LogP) is 2.89. The van der Waals surface area contributed by atoms with Crippen molar-refractivity contribution in [2.45, 2.75) is 51.9 Å². The number of carbonyl (C=O) groups excluding carboxylic acids is 7. The van der Waals surface area contributed by atoms with Crippen molar-refractivity contribution in [3.63, 3.8) is 0 Å². The second-order valence-electron chi connectivity index (χ2n) is 17.2. The number of rotatable bonds is 22. The van der Waals surface area contributed by atoms with Gasteiger partial charge in [-0.2, -0.15) is 4.98 Å². The summed E-state index contributed by atoms with van der Waals surface area (Å²) < 4.78 is 31.4. The number of carbonyl (C=O) groups is 7. The molecule has 0 aliphatic carbocycles. The number of methoxy groups -OCH3 is 2. The topological polar surface area (TPSA) is 305 Å². The Kier molecular flexibility index (Phi) is 20.3. The van der Waals surface area contributed by atoms with Crippen molar-refractivity contribution in [1.82, 2.24) is 59.9 Å². The minimum Gasteiger partial charge on any atom is -0.494 e. The molecule has 6 aromatic rings. The Hall–Kier alpha value is -8.59. The van der Waals surface area contributed by atoms with Crippen LogP contribution in [0.5, 0.6) is 17.6 Å². The molecule has 0 saturated carbocycles. The number of fused-ring (bicyclic) bond motifs is 2. The number of hydrogen-bond donors (Lipinski definition) is 3. The summed E-state index contributed by atoms with van der Waals surface area (Å²) in [6.07, 6.45) is 5.87. The van der Waals surface area contributed by atoms with E-state index in [2.05, 4.69) is 41.2 Å². The Morgan fingerprint density at radius 2 is 1.59 bits per heavy atom. The molecule has 4 aromatic heterocycles. The van der Waals surface area contributed by atoms with Crippen molar-refractivity contribution >= 4 is 70.7 Å². The summed E-state index contributed by atoms with van der Waals surface area (Å²) in [5.74, 6) is -1.83. The van der Waals surface area contributed by atoms with E-state index < -0.39 is 41.5 Å². The van der Waals surface area contributed by atoms with Gasteiger partial charge in [-0.25, -0.2) is 9.97 Å². The molecule has 0 bridgehead atoms. The van der Waals surface area contributed by atoms with Crippen LogP contribution < -0.4 is 40.6 Å². The largest absolute Gasteiger partial charge is 0.494 e. The zero-order valence-corrected chi connectivity index (χ0v) is 44.8. The highest BCUT2D eigenvalue weighted by atomic mass is 35.5. The van der Waals surface area contributed by atoms with E-state index in [4.69, 9.17) is 46.9 Å². The van der Waals surface area contributed by atoms with E-state index in [0.717, 1.165) is 9.92 Å². The lowest BCUT2D eigenvalue weighted by atomic mass is 10.0. The van der Waals surface area contributed by atoms with Crippen molar-refractivity contribution < 1.29 is 57.2 Å². The zero-order valence-electron chi connectivity index (χ0n) is 43.3. The average molecular weight is 1130 g/mol. The number of aryl methyl sites for hydroxylation is 2. The maximum Gasteiger partial charge on any atom is 0.319 e. The molecule has 0 radical (unpaired) electrons. The van der Waals surface area contributed by atoms with Crippen LogP contribution in [0.1, 0.15) is 73.6 Å². The van der Waals surface area contributed by atoms with Gasteiger partial charge in [-0.05, 0) is 56.2 Å². The number of anilines is 1. The lowest BCUT2D eigenvalue weighted by Gasteiger charge is -2.27. The normalized spacial score (nSPS) is 14.4. The van der Waals surface area contributed by atoms with Crippen LogP contribution in [0, 0.1) is 0 Å². The van der Waals surface area contributed by atoms with Crippen LogP contribution >= 0.6 is 23.2 Å². The molecule has 2 aromatic carbocycles. The van der Waals surface area contributed by atoms with Crippen LogP contribution in [0.15, 0.2) is 78.0 Å². The van der Waals surface area contributed by atoms with Gasteiger partial charge in [-0.1, -0.05) is 46.6 Å². The van der Waals surface area contributed by atoms with Gasteiger partial charge in [0.25, 0.3) is 29.2 Å². The van der Waals surface area contributed by atoms with Gasteiger partial charge in [0.15, 0.2) is 11.4 Å². The van der Waals surface area contributed by atoms with Gasteiger partial charge in [-0.15, -0.1) is 5.10 Å². The number of imide groups is 2. The lowest BCUT2D eigenvalue weighted by molar-refractivity contribution is -0.136. The van der Waals surface area contributed by atoms with E-state index in [1.54, 1.807) is 17.8 Å². The number of nitrogens with one attached hydrogen (secondary N) is 3. The SMILES string of the molecule is CCOc1ccc2c(c1)C(=O)N(C1CCC(=O)NC1=O)C2=O.COc1ncc(-c2nc3c(n2CCCn2cc(C(=O)NCCOCCOCCNC=O)nn2)CN(c2cc(Cl)cn(C)c2=O)C3=O)c(OC)n1.Clc1ccccc1. The molecule has 26 nitrogen and oxygen atoms in total. The van der Waals surface area contributed by atoms with E-state index in [0.29, 0.717) is 86.7 Å². The number of piperidine rings is 1. The number of imidazole rings is 1. The minimum atomic E-state index is -0.944. The van der Waals surface area contributed by atoms with Crippen molar-refractivity contribution in [2.24, 2.45) is 7.05 Å². The van der Waals surface area contributed by atoms with Crippen LogP contribution in [0.4, 0.5) is 5.69 Å². The summed E-state index contributed by atoms with van der Waals surface area (Å²) >= 11 is 11.8. The van der Waals surface area contributed by atoms with Crippen molar-refractivity contribution in [2.75, 3.05) is 65.2 Å². The monoisotopic (exact) mass is 1130 g/mol. The number of pyridine rings is 1. The van der Waals surface area contributed by atoms with Gasteiger partial charge in [0.1, 0.15) is 23.3 Å². The molecular formula is C51H55Cl2N13O13. The van der Waals surface area contributed by atoms with Gasteiger partial charge >= 0.3 is 6.01 Å². The summed E-state index contributed by atoms with van der Waals surface area (Å²) in [6, 6.07) is 14.7. The Balaban J connectivity index is 0.000000253. The number of aromatic nitrogens is 8. The molecule has 9 rings (SSSR count). The standard InChI is InChI=1S/C30H36ClN11O8.C15H14N2O5.C6H5Cl/c1-39-15-19(31)13-22(28(39)45)42-17-23-24(29(42)46)35-25(20-14-34-30(48-3)36-27(20)47-2)41(23)8-4-7-40-16-21(37-38-40)26(44)33-6-10-50-12-11-49-9-5-32-18-43;1-2-22-8-3-4-9-10(7-8)15(21)17(14(9)20)11-5-6-12(18)16-13(11)19;7-6-4-2-1-3-5-6/h13-16,18H,4-12,17H2,1-3H3,(H,32,43)(H,33,44);3-4,7,11H,2,5-6H2,1H3,(H,16,18,19);1-5H. The molecule has 3 aliphatic rings. The van der Waals surface area contributed by atoms with Gasteiger partial charge < -0.3 is 43.5 Å². The van der Waals surface area contributed by atoms with Crippen LogP contribution in [0.25, 0.3) is 11.4 Å². The molecule has 28 heteroatoms. The molecule has 1 atom stereocenters. The number of amides is 7. The first-order chi connectivity index (χ1) is 38.2. The average Bonchev–Trinajstić information content (AvgIpc) is 4.36. The highest BCUT2D eigenvalue weighted by Gasteiger charge is 2.45. The number of benzene rings is 2. The van der Waals surface area contributed by atoms with Gasteiger partial charge in [0, 0.05) is 57.1 Å². The summed E-state index contributed by atoms with van der Waals surface area (Å²) in [4.78, 5) is 113. The van der Waals surface area contributed by atoms with Gasteiger partial charge in [0.05, 0.1) is 87.4 Å². The molecule has 416 valence electrons. The fourth-order valence-corrected chi connectivity index (χ4v) is 8.67. The molecule has 1 saturated heterocycles. The molecule has 0 spiro atoms. The van der Waals surface area contributed by atoms with Crippen molar-refractivity contribution in [1.29, 1.82) is 0 Å². The number of hydrogen-bond acceptors (Lipinski definition) is 18. The molecule has 7 heterocycles. The molecule has 1 unspecified atom stereocenters. The third-order valence-corrected chi connectivity index (χ3v) is 12.4. The maximum absolute atomic E-state index is 13.7. The van der Waals surface area contributed by atoms with Crippen LogP contribution in [0.2, 0.25) is 10.0 Å². The number of nitrogens with zero attached hydrogens (tertiary/aromatic N) is 10. The van der Waals surface area contributed by atoms with E-state index >= 15 is 0 Å². The summed E-state index contributed by atoms with van der Waals surface area (Å²) in [6.45, 7) is 5.13. The van der Waals surface area contributed by atoms with Gasteiger partial charge in [-0.3, -0.25) is 58.2 Å². The Morgan fingerprint density at radius 3 is 2.28 bits per heavy atom. The first-order valence-corrected chi connectivity index (χ1v) is 25.4. The molecule has 3 N–H and O–H groups in total. The molecule has 7 amide bonds. The molecule has 1 fully saturated rings. The second kappa shape index (κ2) is 27.6. The minimum absolute atomic E-state index is 0.0688. The summed E-state index contributed by atoms with van der Waals surface area (Å²) in [5, 5.41) is 16.6. The quantitative estimate of drug-likeness (QED) is 0.0500. The van der Waals surface area contributed by atoms with Crippen LogP contribution in [0.3, 0.4) is 0 Å². The van der Waals surface area contributed by atoms with E-state index in [-0.39, 0.29) is 78.2 Å². The fourth-order valence-electron chi connectivity index (χ4n) is 8.28. The highest BCUT2D eigenvalue weighted by molar-refractivity contribution is 6.31. The Morgan fingerprint density at radius 1 is 0.848 bits per heavy atom. The molecule has 3 aliphatic heterocycles. The highest BCUT2D eigenvalue weighted by Crippen LogP contribution is 2.36. The molecule has 79 heavy (non-hydrogen) atoms. The fraction of sp³-hybridized carbons (Fsp3) is 0.353. The second-order valence-corrected chi connectivity index (χ2v) is 18.0. The third kappa shape index (κ3) is 14.3. The van der Waals surface area contributed by atoms with Crippen LogP contribution in [-0.4, -0.2) is 152 Å². The Labute approximate surface area is 461 Å². The first-order valence-electron chi connectivity index (χ1n) is 24.6. The number of halogens is 2. The smallest absolute Gasteiger partial charge is 0.319 e. The zero-order chi connectivity index (χ0) is 56.6. The lowest BCUT2D eigenvalue weighted by Crippen LogP contribution is -2.54. The summed E-state index contributed by atoms with van der Waals surface area (Å²) in [5.41, 5.74) is 1.55. The van der Waals surface area contributed by atoms with Crippen molar-refractivity contribution in [3.05, 3.63) is 122 Å². The Bertz CT molecular complexity index is 3260. The van der Waals surface area contributed by atoms with Gasteiger partial charge in [0.2, 0.25) is 24.1 Å². The van der Waals surface area contributed by atoms with E-state index in [1.165, 1.54) is 60.5 Å². The van der Waals surface area contributed by atoms with E-state index in [1.807, 2.05) is 41.8 Å². The number of ether oxygens (including phenoxy) is 5. The maximum atomic E-state index is 13.7. The molecular weight excluding hydrogens is 1070 g/mol. The van der Waals surface area contributed by atoms with Crippen molar-refractivity contribution in [3.8, 4) is 29.0 Å².